The van der Waals surface area contributed by atoms with Crippen LogP contribution < -0.4 is 5.01 Å². The van der Waals surface area contributed by atoms with Gasteiger partial charge in [0.25, 0.3) is 5.72 Å². The van der Waals surface area contributed by atoms with Crippen LogP contribution in [-0.4, -0.2) is 27.7 Å². The lowest BCUT2D eigenvalue weighted by molar-refractivity contribution is -0.268. The zero-order valence-electron chi connectivity index (χ0n) is 14.8. The molecular weight excluding hydrogens is 375 g/mol. The maximum Gasteiger partial charge on any atom is 0.439 e. The number of aliphatic hydroxyl groups is 1. The van der Waals surface area contributed by atoms with E-state index in [1.165, 1.54) is 0 Å². The summed E-state index contributed by atoms with van der Waals surface area (Å²) in [6.07, 6.45) is -1.76. The predicted octanol–water partition coefficient (Wildman–Crippen LogP) is 5.13. The first-order chi connectivity index (χ1) is 12.8. The zero-order valence-corrected chi connectivity index (χ0v) is 15.6. The summed E-state index contributed by atoms with van der Waals surface area (Å²) in [6.45, 7) is 1.96. The summed E-state index contributed by atoms with van der Waals surface area (Å²) in [5.41, 5.74) is -0.118. The predicted molar refractivity (Wildman–Crippen MR) is 99.8 cm³/mol. The second-order valence-electron chi connectivity index (χ2n) is 7.16. The van der Waals surface area contributed by atoms with Crippen LogP contribution in [0, 0.1) is 12.8 Å². The maximum atomic E-state index is 14.0. The number of fused-ring (bicyclic) bond motifs is 1. The third-order valence-electron chi connectivity index (χ3n) is 5.30. The highest BCUT2D eigenvalue weighted by molar-refractivity contribution is 7.14. The minimum atomic E-state index is -4.83. The molecule has 144 valence electrons. The van der Waals surface area contributed by atoms with E-state index in [-0.39, 0.29) is 11.6 Å². The molecule has 1 fully saturated rings. The Hall–Kier alpha value is -1.93. The molecule has 0 radical (unpaired) electrons. The lowest BCUT2D eigenvalue weighted by Gasteiger charge is -2.37. The van der Waals surface area contributed by atoms with Gasteiger partial charge in [0.05, 0.1) is 11.6 Å². The van der Waals surface area contributed by atoms with Gasteiger partial charge in [0.15, 0.2) is 0 Å². The van der Waals surface area contributed by atoms with Crippen molar-refractivity contribution in [1.29, 1.82) is 0 Å². The summed E-state index contributed by atoms with van der Waals surface area (Å²) < 4.78 is 41.9. The van der Waals surface area contributed by atoms with Crippen molar-refractivity contribution in [3.05, 3.63) is 35.2 Å². The number of hydrogen-bond acceptors (Lipinski definition) is 5. The molecule has 1 saturated carbocycles. The van der Waals surface area contributed by atoms with Crippen molar-refractivity contribution >= 4 is 22.2 Å². The summed E-state index contributed by atoms with van der Waals surface area (Å²) in [5.74, 6) is -1.04. The molecule has 1 aromatic carbocycles. The lowest BCUT2D eigenvalue weighted by Crippen LogP contribution is -2.60. The largest absolute Gasteiger partial charge is 0.439 e. The van der Waals surface area contributed by atoms with Crippen LogP contribution in [0.5, 0.6) is 0 Å². The molecule has 0 amide bonds. The van der Waals surface area contributed by atoms with Gasteiger partial charge in [-0.25, -0.2) is 4.98 Å². The molecule has 1 N–H and O–H groups in total. The second kappa shape index (κ2) is 6.60. The first kappa shape index (κ1) is 18.4. The topological polar surface area (TPSA) is 48.7 Å². The van der Waals surface area contributed by atoms with Gasteiger partial charge in [-0.2, -0.15) is 23.3 Å². The number of halogens is 3. The van der Waals surface area contributed by atoms with Gasteiger partial charge in [0, 0.05) is 16.7 Å². The van der Waals surface area contributed by atoms with E-state index in [0.29, 0.717) is 29.3 Å². The van der Waals surface area contributed by atoms with Crippen LogP contribution in [-0.2, 0) is 0 Å². The van der Waals surface area contributed by atoms with Crippen LogP contribution in [0.25, 0.3) is 11.3 Å². The molecule has 2 atom stereocenters. The molecule has 0 spiro atoms. The van der Waals surface area contributed by atoms with Crippen LogP contribution >= 0.6 is 11.3 Å². The van der Waals surface area contributed by atoms with Gasteiger partial charge in [-0.05, 0) is 26.2 Å². The molecule has 1 aliphatic heterocycles. The van der Waals surface area contributed by atoms with Gasteiger partial charge in [-0.15, -0.1) is 11.3 Å². The van der Waals surface area contributed by atoms with Crippen molar-refractivity contribution in [3.63, 3.8) is 0 Å². The number of anilines is 1. The number of aromatic nitrogens is 1. The fraction of sp³-hybridized carbons (Fsp3) is 0.474. The lowest BCUT2D eigenvalue weighted by atomic mass is 9.87. The van der Waals surface area contributed by atoms with Crippen LogP contribution in [0.15, 0.2) is 34.7 Å². The Balaban J connectivity index is 1.74. The van der Waals surface area contributed by atoms with E-state index in [1.807, 2.05) is 31.2 Å². The summed E-state index contributed by atoms with van der Waals surface area (Å²) in [6, 6.07) is 7.61. The third-order valence-corrected chi connectivity index (χ3v) is 6.12. The first-order valence-corrected chi connectivity index (χ1v) is 9.88. The van der Waals surface area contributed by atoms with E-state index >= 15 is 0 Å². The van der Waals surface area contributed by atoms with Crippen LogP contribution in [0.2, 0.25) is 0 Å². The summed E-state index contributed by atoms with van der Waals surface area (Å²) in [4.78, 5) is 4.36. The van der Waals surface area contributed by atoms with Gasteiger partial charge in [-0.1, -0.05) is 42.7 Å². The quantitative estimate of drug-likeness (QED) is 0.767. The van der Waals surface area contributed by atoms with E-state index in [4.69, 9.17) is 0 Å². The number of thiazole rings is 1. The van der Waals surface area contributed by atoms with E-state index in [2.05, 4.69) is 10.1 Å². The monoisotopic (exact) mass is 395 g/mol. The highest BCUT2D eigenvalue weighted by Gasteiger charge is 2.67. The average Bonchev–Trinajstić information content (AvgIpc) is 3.11. The number of hydrazone groups is 1. The molecule has 27 heavy (non-hydrogen) atoms. The van der Waals surface area contributed by atoms with Gasteiger partial charge in [0.1, 0.15) is 0 Å². The standard InChI is InChI=1S/C19H20F3N3OS/c1-12-7-9-13(10-8-12)16-11-27-17(23-16)25-18(26,19(20,21)22)14-5-3-2-4-6-15(14)24-25/h7-11,14,26H,2-6H2,1H3/t14-,18+/m1/s1. The molecule has 1 aromatic heterocycles. The van der Waals surface area contributed by atoms with E-state index in [9.17, 15) is 18.3 Å². The Morgan fingerprint density at radius 1 is 1.19 bits per heavy atom. The SMILES string of the molecule is Cc1ccc(-c2csc(N3N=C4CCCCC[C@H]4[C@]3(O)C(F)(F)F)n2)cc1. The Kier molecular flexibility index (Phi) is 4.50. The molecule has 0 bridgehead atoms. The molecular formula is C19H20F3N3OS. The van der Waals surface area contributed by atoms with Gasteiger partial charge >= 0.3 is 6.18 Å². The molecule has 8 heteroatoms. The molecule has 2 heterocycles. The number of aryl methyl sites for hydroxylation is 1. The fourth-order valence-corrected chi connectivity index (χ4v) is 4.64. The van der Waals surface area contributed by atoms with E-state index < -0.39 is 17.8 Å². The molecule has 1 aliphatic carbocycles. The smallest absolute Gasteiger partial charge is 0.362 e. The molecule has 2 aromatic rings. The number of alkyl halides is 3. The summed E-state index contributed by atoms with van der Waals surface area (Å²) in [7, 11) is 0. The average molecular weight is 395 g/mol. The fourth-order valence-electron chi connectivity index (χ4n) is 3.80. The van der Waals surface area contributed by atoms with Crippen LogP contribution in [0.3, 0.4) is 0 Å². The maximum absolute atomic E-state index is 14.0. The van der Waals surface area contributed by atoms with Gasteiger partial charge in [0.2, 0.25) is 5.13 Å². The first-order valence-electron chi connectivity index (χ1n) is 9.00. The molecule has 0 unspecified atom stereocenters. The molecule has 4 nitrogen and oxygen atoms in total. The van der Waals surface area contributed by atoms with Crippen LogP contribution in [0.1, 0.15) is 37.7 Å². The van der Waals surface area contributed by atoms with Gasteiger partial charge in [-0.3, -0.25) is 0 Å². The van der Waals surface area contributed by atoms with Crippen molar-refractivity contribution in [3.8, 4) is 11.3 Å². The third kappa shape index (κ3) is 3.04. The normalized spacial score (nSPS) is 25.9. The van der Waals surface area contributed by atoms with Gasteiger partial charge < -0.3 is 5.11 Å². The van der Waals surface area contributed by atoms with E-state index in [0.717, 1.165) is 35.3 Å². The molecule has 2 aliphatic rings. The highest BCUT2D eigenvalue weighted by Crippen LogP contribution is 2.50. The Labute approximate surface area is 159 Å². The Bertz CT molecular complexity index is 862. The van der Waals surface area contributed by atoms with E-state index in [1.54, 1.807) is 5.38 Å². The summed E-state index contributed by atoms with van der Waals surface area (Å²) in [5, 5.41) is 17.5. The van der Waals surface area contributed by atoms with Crippen LogP contribution in [0.4, 0.5) is 18.3 Å². The van der Waals surface area contributed by atoms with Crippen molar-refractivity contribution in [2.45, 2.75) is 50.9 Å². The second-order valence-corrected chi connectivity index (χ2v) is 8.00. The van der Waals surface area contributed by atoms with Crippen molar-refractivity contribution in [2.24, 2.45) is 11.0 Å². The molecule has 4 rings (SSSR count). The number of hydrogen-bond donors (Lipinski definition) is 1. The minimum Gasteiger partial charge on any atom is -0.362 e. The minimum absolute atomic E-state index is 0.0611. The summed E-state index contributed by atoms with van der Waals surface area (Å²) >= 11 is 1.06. The van der Waals surface area contributed by atoms with Crippen molar-refractivity contribution in [1.82, 2.24) is 4.98 Å². The Morgan fingerprint density at radius 2 is 1.93 bits per heavy atom. The van der Waals surface area contributed by atoms with Crippen molar-refractivity contribution < 1.29 is 18.3 Å². The Morgan fingerprint density at radius 3 is 2.63 bits per heavy atom. The number of nitrogens with zero attached hydrogens (tertiary/aromatic N) is 3. The van der Waals surface area contributed by atoms with Crippen molar-refractivity contribution in [2.75, 3.05) is 5.01 Å². The zero-order chi connectivity index (χ0) is 19.2. The number of benzene rings is 1. The molecule has 0 saturated heterocycles. The number of rotatable bonds is 2. The highest BCUT2D eigenvalue weighted by atomic mass is 32.1.